The lowest BCUT2D eigenvalue weighted by atomic mass is 10.1. The van der Waals surface area contributed by atoms with Gasteiger partial charge in [0.25, 0.3) is 0 Å². The van der Waals surface area contributed by atoms with Crippen LogP contribution in [-0.4, -0.2) is 31.1 Å². The molecule has 3 rings (SSSR count). The van der Waals surface area contributed by atoms with Crippen molar-refractivity contribution in [2.75, 3.05) is 5.32 Å². The summed E-state index contributed by atoms with van der Waals surface area (Å²) in [5.41, 5.74) is -0.555. The van der Waals surface area contributed by atoms with Crippen LogP contribution in [0.3, 0.4) is 0 Å². The lowest BCUT2D eigenvalue weighted by Crippen LogP contribution is -2.21. The van der Waals surface area contributed by atoms with Gasteiger partial charge in [0.05, 0.1) is 5.56 Å². The molecule has 0 radical (unpaired) electrons. The maximum absolute atomic E-state index is 12.9. The molecule has 0 saturated heterocycles. The molecule has 1 aromatic carbocycles. The maximum atomic E-state index is 12.9. The molecule has 1 unspecified atom stereocenters. The predicted octanol–water partition coefficient (Wildman–Crippen LogP) is 3.50. The quantitative estimate of drug-likeness (QED) is 0.612. The number of alkyl halides is 3. The van der Waals surface area contributed by atoms with Crippen LogP contribution in [0, 0.1) is 0 Å². The molecule has 3 aromatic rings. The van der Waals surface area contributed by atoms with Crippen molar-refractivity contribution in [3.63, 3.8) is 0 Å². The molecular weight excluding hydrogens is 377 g/mol. The van der Waals surface area contributed by atoms with Crippen molar-refractivity contribution in [2.24, 2.45) is 0 Å². The molecule has 2 heterocycles. The Balaban J connectivity index is 1.90. The van der Waals surface area contributed by atoms with E-state index in [9.17, 15) is 28.2 Å². The molecule has 0 amide bonds. The summed E-state index contributed by atoms with van der Waals surface area (Å²) in [6.45, 7) is 0. The number of carboxylic acids is 1. The second-order valence-corrected chi connectivity index (χ2v) is 5.73. The summed E-state index contributed by atoms with van der Waals surface area (Å²) in [7, 11) is 0. The number of phenolic OH excluding ortho intramolecular Hbond substituents is 1. The van der Waals surface area contributed by atoms with Gasteiger partial charge in [0.2, 0.25) is 0 Å². The summed E-state index contributed by atoms with van der Waals surface area (Å²) in [6, 6.07) is 6.60. The second kappa shape index (κ2) is 7.51. The number of aromatic nitrogens is 3. The van der Waals surface area contributed by atoms with E-state index in [1.54, 1.807) is 0 Å². The normalized spacial score (nSPS) is 12.4. The molecule has 2 aromatic heterocycles. The van der Waals surface area contributed by atoms with Gasteiger partial charge in [-0.2, -0.15) is 13.2 Å². The van der Waals surface area contributed by atoms with Crippen LogP contribution in [-0.2, 0) is 11.0 Å². The van der Waals surface area contributed by atoms with Gasteiger partial charge in [-0.1, -0.05) is 12.1 Å². The SMILES string of the molecule is O=C(O)C(Nc1ccnc(-c2cncc(C(F)(F)F)c2)n1)c1ccc(O)cc1. The van der Waals surface area contributed by atoms with Crippen molar-refractivity contribution >= 4 is 11.8 Å². The molecule has 0 aliphatic carbocycles. The van der Waals surface area contributed by atoms with Crippen LogP contribution in [0.25, 0.3) is 11.4 Å². The van der Waals surface area contributed by atoms with Crippen molar-refractivity contribution in [1.29, 1.82) is 0 Å². The molecule has 0 aliphatic rings. The Labute approximate surface area is 156 Å². The first-order chi connectivity index (χ1) is 13.2. The Morgan fingerprint density at radius 2 is 1.82 bits per heavy atom. The van der Waals surface area contributed by atoms with Gasteiger partial charge in [0.1, 0.15) is 11.6 Å². The zero-order valence-corrected chi connectivity index (χ0v) is 14.1. The number of nitrogens with one attached hydrogen (secondary N) is 1. The molecule has 10 heteroatoms. The van der Waals surface area contributed by atoms with Crippen LogP contribution in [0.2, 0.25) is 0 Å². The summed E-state index contributed by atoms with van der Waals surface area (Å²) >= 11 is 0. The van der Waals surface area contributed by atoms with Gasteiger partial charge in [0, 0.05) is 24.2 Å². The fraction of sp³-hybridized carbons (Fsp3) is 0.111. The number of aliphatic carboxylic acids is 1. The Bertz CT molecular complexity index is 994. The lowest BCUT2D eigenvalue weighted by Gasteiger charge is -2.16. The van der Waals surface area contributed by atoms with Gasteiger partial charge >= 0.3 is 12.1 Å². The van der Waals surface area contributed by atoms with Gasteiger partial charge in [-0.25, -0.2) is 14.8 Å². The number of carboxylic acid groups (broad SMARTS) is 1. The molecule has 0 spiro atoms. The number of carbonyl (C=O) groups is 1. The monoisotopic (exact) mass is 390 g/mol. The highest BCUT2D eigenvalue weighted by Gasteiger charge is 2.31. The second-order valence-electron chi connectivity index (χ2n) is 5.73. The van der Waals surface area contributed by atoms with Crippen LogP contribution < -0.4 is 5.32 Å². The molecule has 7 nitrogen and oxygen atoms in total. The third kappa shape index (κ3) is 4.34. The number of aromatic hydroxyl groups is 1. The van der Waals surface area contributed by atoms with Gasteiger partial charge in [-0.05, 0) is 29.8 Å². The first kappa shape index (κ1) is 19.1. The zero-order chi connectivity index (χ0) is 20.3. The number of pyridine rings is 1. The number of benzene rings is 1. The molecule has 0 saturated carbocycles. The standard InChI is InChI=1S/C18H13F3N4O3/c19-18(20,21)12-7-11(8-22-9-12)16-23-6-5-14(25-16)24-15(17(27)28)10-1-3-13(26)4-2-10/h1-9,15,26H,(H,27,28)(H,23,24,25). The van der Waals surface area contributed by atoms with Gasteiger partial charge < -0.3 is 15.5 Å². The third-order valence-corrected chi connectivity index (χ3v) is 3.74. The summed E-state index contributed by atoms with van der Waals surface area (Å²) in [4.78, 5) is 23.2. The predicted molar refractivity (Wildman–Crippen MR) is 92.4 cm³/mol. The minimum absolute atomic E-state index is 0.0192. The number of phenols is 1. The lowest BCUT2D eigenvalue weighted by molar-refractivity contribution is -0.138. The van der Waals surface area contributed by atoms with Crippen LogP contribution in [0.4, 0.5) is 19.0 Å². The van der Waals surface area contributed by atoms with Crippen LogP contribution in [0.15, 0.2) is 55.0 Å². The number of hydrogen-bond acceptors (Lipinski definition) is 6. The molecule has 1 atom stereocenters. The van der Waals surface area contributed by atoms with Crippen molar-refractivity contribution in [3.8, 4) is 17.1 Å². The van der Waals surface area contributed by atoms with E-state index < -0.39 is 23.8 Å². The van der Waals surface area contributed by atoms with E-state index >= 15 is 0 Å². The first-order valence-corrected chi connectivity index (χ1v) is 7.88. The Morgan fingerprint density at radius 1 is 1.11 bits per heavy atom. The number of anilines is 1. The first-order valence-electron chi connectivity index (χ1n) is 7.88. The summed E-state index contributed by atoms with van der Waals surface area (Å²) < 4.78 is 38.6. The van der Waals surface area contributed by atoms with Gasteiger partial charge in [0.15, 0.2) is 11.9 Å². The van der Waals surface area contributed by atoms with Crippen molar-refractivity contribution in [3.05, 3.63) is 66.1 Å². The molecule has 0 fully saturated rings. The highest BCUT2D eigenvalue weighted by Crippen LogP contribution is 2.31. The zero-order valence-electron chi connectivity index (χ0n) is 14.1. The third-order valence-electron chi connectivity index (χ3n) is 3.74. The number of nitrogens with zero attached hydrogens (tertiary/aromatic N) is 3. The van der Waals surface area contributed by atoms with E-state index in [0.717, 1.165) is 6.07 Å². The largest absolute Gasteiger partial charge is 0.508 e. The number of hydrogen-bond donors (Lipinski definition) is 3. The molecule has 0 bridgehead atoms. The van der Waals surface area contributed by atoms with Crippen LogP contribution in [0.5, 0.6) is 5.75 Å². The summed E-state index contributed by atoms with van der Waals surface area (Å²) in [5, 5.41) is 21.5. The van der Waals surface area contributed by atoms with Gasteiger partial charge in [-0.3, -0.25) is 4.98 Å². The highest BCUT2D eigenvalue weighted by atomic mass is 19.4. The van der Waals surface area contributed by atoms with E-state index in [1.165, 1.54) is 42.7 Å². The fourth-order valence-corrected chi connectivity index (χ4v) is 2.40. The number of halogens is 3. The van der Waals surface area contributed by atoms with E-state index in [-0.39, 0.29) is 23.0 Å². The van der Waals surface area contributed by atoms with Crippen molar-refractivity contribution in [2.45, 2.75) is 12.2 Å². The van der Waals surface area contributed by atoms with Crippen LogP contribution in [0.1, 0.15) is 17.2 Å². The molecule has 0 aliphatic heterocycles. The van der Waals surface area contributed by atoms with Crippen molar-refractivity contribution in [1.82, 2.24) is 15.0 Å². The van der Waals surface area contributed by atoms with E-state index in [1.807, 2.05) is 0 Å². The molecule has 28 heavy (non-hydrogen) atoms. The molecule has 144 valence electrons. The van der Waals surface area contributed by atoms with E-state index in [2.05, 4.69) is 20.3 Å². The Morgan fingerprint density at radius 3 is 2.46 bits per heavy atom. The Hall–Kier alpha value is -3.69. The maximum Gasteiger partial charge on any atom is 0.417 e. The van der Waals surface area contributed by atoms with E-state index in [0.29, 0.717) is 11.8 Å². The number of rotatable bonds is 5. The molecular formula is C18H13F3N4O3. The van der Waals surface area contributed by atoms with Crippen LogP contribution >= 0.6 is 0 Å². The minimum Gasteiger partial charge on any atom is -0.508 e. The summed E-state index contributed by atoms with van der Waals surface area (Å²) in [6.07, 6.45) is -1.40. The highest BCUT2D eigenvalue weighted by molar-refractivity contribution is 5.79. The molecule has 3 N–H and O–H groups in total. The minimum atomic E-state index is -4.56. The van der Waals surface area contributed by atoms with E-state index in [4.69, 9.17) is 0 Å². The average Bonchev–Trinajstić information content (AvgIpc) is 2.66. The fourth-order valence-electron chi connectivity index (χ4n) is 2.40. The average molecular weight is 390 g/mol. The topological polar surface area (TPSA) is 108 Å². The summed E-state index contributed by atoms with van der Waals surface area (Å²) in [5.74, 6) is -1.16. The smallest absolute Gasteiger partial charge is 0.417 e. The van der Waals surface area contributed by atoms with Crippen molar-refractivity contribution < 1.29 is 28.2 Å². The van der Waals surface area contributed by atoms with Gasteiger partial charge in [-0.15, -0.1) is 0 Å². The Kier molecular flexibility index (Phi) is 5.12.